The average molecular weight is 650 g/mol. The van der Waals surface area contributed by atoms with E-state index in [9.17, 15) is 13.6 Å². The molecule has 1 aliphatic carbocycles. The molecule has 0 N–H and O–H groups in total. The molecule has 0 bridgehead atoms. The van der Waals surface area contributed by atoms with Gasteiger partial charge in [-0.25, -0.2) is 15.4 Å². The molecule has 12 heteroatoms. The van der Waals surface area contributed by atoms with Gasteiger partial charge in [0.1, 0.15) is 17.7 Å². The Morgan fingerprint density at radius 1 is 1.24 bits per heavy atom. The molecule has 3 aromatic rings. The average Bonchev–Trinajstić information content (AvgIpc) is 3.79. The number of aromatic nitrogens is 2. The highest BCUT2D eigenvalue weighted by Gasteiger charge is 2.44. The number of nitrogens with zero attached hydrogens (tertiary/aromatic N) is 7. The molecule has 1 aromatic heterocycles. The standard InChI is InChI=1S/C34H38ClF2N7O2/c1-21-15-25-27(18-44(21)28-8-6-7-23-9-10-26(37)30(35)29(23)28)39-33(46-20-34(11-12-34)19-41(4)5)40-31(25)42-13-14-43(32(45)22(2)36)24(17-42)16-38-3/h6-10,21,24H,2,11-20H2,1,4-5H3/t21-,24-/m0/s1. The predicted octanol–water partition coefficient (Wildman–Crippen LogP) is 5.51. The fraction of sp³-hybridized carbons (Fsp3) is 0.471. The molecule has 242 valence electrons. The van der Waals surface area contributed by atoms with Crippen molar-refractivity contribution in [1.29, 1.82) is 0 Å². The van der Waals surface area contributed by atoms with Crippen molar-refractivity contribution in [1.82, 2.24) is 19.8 Å². The molecule has 1 saturated heterocycles. The van der Waals surface area contributed by atoms with Crippen LogP contribution in [0.25, 0.3) is 15.6 Å². The van der Waals surface area contributed by atoms with E-state index in [0.29, 0.717) is 43.9 Å². The van der Waals surface area contributed by atoms with Gasteiger partial charge in [-0.3, -0.25) is 4.79 Å². The maximum atomic E-state index is 14.7. The van der Waals surface area contributed by atoms with Gasteiger partial charge < -0.3 is 29.2 Å². The Balaban J connectivity index is 1.38. The minimum absolute atomic E-state index is 0.0156. The van der Waals surface area contributed by atoms with Gasteiger partial charge in [0.15, 0.2) is 5.83 Å². The lowest BCUT2D eigenvalue weighted by molar-refractivity contribution is -0.131. The number of benzene rings is 2. The molecule has 0 unspecified atom stereocenters. The zero-order valence-corrected chi connectivity index (χ0v) is 27.2. The molecule has 1 amide bonds. The van der Waals surface area contributed by atoms with Crippen LogP contribution in [0, 0.1) is 17.8 Å². The summed E-state index contributed by atoms with van der Waals surface area (Å²) in [5, 5.41) is 1.59. The molecule has 0 radical (unpaired) electrons. The van der Waals surface area contributed by atoms with Crippen molar-refractivity contribution in [3.05, 3.63) is 76.3 Å². The summed E-state index contributed by atoms with van der Waals surface area (Å²) in [5.41, 5.74) is 2.63. The molecule has 46 heavy (non-hydrogen) atoms. The number of amides is 1. The second kappa shape index (κ2) is 12.6. The summed E-state index contributed by atoms with van der Waals surface area (Å²) in [7, 11) is 4.10. The van der Waals surface area contributed by atoms with Gasteiger partial charge in [-0.15, -0.1) is 0 Å². The van der Waals surface area contributed by atoms with E-state index in [1.165, 1.54) is 11.0 Å². The van der Waals surface area contributed by atoms with Gasteiger partial charge in [-0.1, -0.05) is 36.4 Å². The van der Waals surface area contributed by atoms with Crippen molar-refractivity contribution >= 4 is 39.8 Å². The van der Waals surface area contributed by atoms with Crippen molar-refractivity contribution in [2.45, 2.75) is 44.8 Å². The first-order chi connectivity index (χ1) is 22.0. The largest absolute Gasteiger partial charge is 0.463 e. The lowest BCUT2D eigenvalue weighted by Crippen LogP contribution is -2.57. The maximum Gasteiger partial charge on any atom is 0.318 e. The normalized spacial score (nSPS) is 20.4. The summed E-state index contributed by atoms with van der Waals surface area (Å²) in [6, 6.07) is 8.66. The van der Waals surface area contributed by atoms with Crippen molar-refractivity contribution < 1.29 is 18.3 Å². The van der Waals surface area contributed by atoms with Gasteiger partial charge in [-0.2, -0.15) is 9.97 Å². The SMILES string of the molecule is [C-]#[N+]C[C@H]1CN(c2nc(OCC3(CN(C)C)CC3)nc3c2C[C@H](C)N(c2cccc4ccc(F)c(Cl)c24)C3)CCN1C(=O)C(=C)F. The maximum absolute atomic E-state index is 14.7. The summed E-state index contributed by atoms with van der Waals surface area (Å²) in [6.07, 6.45) is 2.73. The van der Waals surface area contributed by atoms with Crippen LogP contribution < -0.4 is 14.5 Å². The molecule has 3 heterocycles. The third-order valence-corrected chi connectivity index (χ3v) is 9.69. The van der Waals surface area contributed by atoms with Crippen LogP contribution in [0.4, 0.5) is 20.3 Å². The molecule has 1 saturated carbocycles. The van der Waals surface area contributed by atoms with E-state index in [1.54, 1.807) is 6.07 Å². The molecule has 2 fully saturated rings. The van der Waals surface area contributed by atoms with Gasteiger partial charge in [0, 0.05) is 54.3 Å². The fourth-order valence-corrected chi connectivity index (χ4v) is 7.15. The number of piperazine rings is 1. The molecule has 6 rings (SSSR count). The lowest BCUT2D eigenvalue weighted by Gasteiger charge is -2.42. The summed E-state index contributed by atoms with van der Waals surface area (Å²) in [4.78, 5) is 33.8. The van der Waals surface area contributed by atoms with Crippen LogP contribution in [0.3, 0.4) is 0 Å². The van der Waals surface area contributed by atoms with E-state index in [1.807, 2.05) is 18.2 Å². The number of rotatable bonds is 9. The summed E-state index contributed by atoms with van der Waals surface area (Å²) < 4.78 is 34.9. The van der Waals surface area contributed by atoms with Crippen LogP contribution in [0.2, 0.25) is 5.02 Å². The molecular formula is C34H38ClF2N7O2. The van der Waals surface area contributed by atoms with Crippen LogP contribution in [-0.2, 0) is 17.8 Å². The molecule has 3 aliphatic rings. The minimum Gasteiger partial charge on any atom is -0.463 e. The zero-order chi connectivity index (χ0) is 32.7. The third kappa shape index (κ3) is 6.20. The van der Waals surface area contributed by atoms with E-state index in [4.69, 9.17) is 32.9 Å². The predicted molar refractivity (Wildman–Crippen MR) is 175 cm³/mol. The van der Waals surface area contributed by atoms with Crippen molar-refractivity contribution in [2.75, 3.05) is 63.2 Å². The van der Waals surface area contributed by atoms with E-state index in [2.05, 4.69) is 47.1 Å². The van der Waals surface area contributed by atoms with E-state index in [0.717, 1.165) is 41.7 Å². The van der Waals surface area contributed by atoms with E-state index in [-0.39, 0.29) is 35.6 Å². The third-order valence-electron chi connectivity index (χ3n) is 9.32. The number of ether oxygens (including phenoxy) is 1. The number of hydrogen-bond donors (Lipinski definition) is 0. The first-order valence-electron chi connectivity index (χ1n) is 15.5. The second-order valence-electron chi connectivity index (χ2n) is 13.0. The molecular weight excluding hydrogens is 612 g/mol. The topological polar surface area (TPSA) is 69.4 Å². The molecule has 2 atom stereocenters. The molecule has 2 aromatic carbocycles. The van der Waals surface area contributed by atoms with Crippen molar-refractivity contribution in [2.24, 2.45) is 5.41 Å². The van der Waals surface area contributed by atoms with Gasteiger partial charge in [0.05, 0.1) is 23.9 Å². The zero-order valence-electron chi connectivity index (χ0n) is 26.4. The molecule has 0 spiro atoms. The monoisotopic (exact) mass is 649 g/mol. The highest BCUT2D eigenvalue weighted by atomic mass is 35.5. The Hall–Kier alpha value is -4.01. The van der Waals surface area contributed by atoms with Gasteiger partial charge in [-0.05, 0) is 57.8 Å². The first kappa shape index (κ1) is 32.0. The smallest absolute Gasteiger partial charge is 0.318 e. The Bertz CT molecular complexity index is 1720. The Kier molecular flexibility index (Phi) is 8.79. The quantitative estimate of drug-likeness (QED) is 0.224. The Labute approximate surface area is 273 Å². The highest BCUT2D eigenvalue weighted by molar-refractivity contribution is 6.36. The molecule has 9 nitrogen and oxygen atoms in total. The number of hydrogen-bond acceptors (Lipinski definition) is 7. The Morgan fingerprint density at radius 2 is 2.02 bits per heavy atom. The second-order valence-corrected chi connectivity index (χ2v) is 13.4. The van der Waals surface area contributed by atoms with Crippen molar-refractivity contribution in [3.63, 3.8) is 0 Å². The number of anilines is 2. The lowest BCUT2D eigenvalue weighted by atomic mass is 9.96. The van der Waals surface area contributed by atoms with Gasteiger partial charge in [0.25, 0.3) is 5.91 Å². The Morgan fingerprint density at radius 3 is 2.72 bits per heavy atom. The van der Waals surface area contributed by atoms with Crippen LogP contribution in [0.1, 0.15) is 31.0 Å². The summed E-state index contributed by atoms with van der Waals surface area (Å²) in [5.74, 6) is -1.59. The molecule has 2 aliphatic heterocycles. The van der Waals surface area contributed by atoms with Crippen molar-refractivity contribution in [3.8, 4) is 6.01 Å². The number of halogens is 3. The van der Waals surface area contributed by atoms with E-state index < -0.39 is 23.6 Å². The van der Waals surface area contributed by atoms with Gasteiger partial charge in [0.2, 0.25) is 6.54 Å². The van der Waals surface area contributed by atoms with Gasteiger partial charge >= 0.3 is 6.01 Å². The summed E-state index contributed by atoms with van der Waals surface area (Å²) >= 11 is 6.53. The first-order valence-corrected chi connectivity index (χ1v) is 15.9. The highest BCUT2D eigenvalue weighted by Crippen LogP contribution is 2.46. The number of fused-ring (bicyclic) bond motifs is 2. The van der Waals surface area contributed by atoms with Crippen LogP contribution in [0.15, 0.2) is 42.7 Å². The number of carbonyl (C=O) groups excluding carboxylic acids is 1. The van der Waals surface area contributed by atoms with Crippen LogP contribution in [-0.4, -0.2) is 91.2 Å². The van der Waals surface area contributed by atoms with Crippen LogP contribution in [0.5, 0.6) is 6.01 Å². The minimum atomic E-state index is -1.03. The summed E-state index contributed by atoms with van der Waals surface area (Å²) in [6.45, 7) is 15.5. The van der Waals surface area contributed by atoms with Crippen LogP contribution >= 0.6 is 11.6 Å². The fourth-order valence-electron chi connectivity index (χ4n) is 6.88. The number of carbonyl (C=O) groups is 1. The van der Waals surface area contributed by atoms with E-state index >= 15 is 0 Å².